The number of rotatable bonds is 4. The van der Waals surface area contributed by atoms with Gasteiger partial charge < -0.3 is 4.74 Å². The Morgan fingerprint density at radius 2 is 1.81 bits per heavy atom. The van der Waals surface area contributed by atoms with Crippen LogP contribution in [0.5, 0.6) is 5.75 Å². The van der Waals surface area contributed by atoms with Gasteiger partial charge in [-0.15, -0.1) is 0 Å². The molecule has 1 aromatic heterocycles. The summed E-state index contributed by atoms with van der Waals surface area (Å²) in [4.78, 5) is 4.33. The van der Waals surface area contributed by atoms with Crippen LogP contribution in [0.1, 0.15) is 0 Å². The van der Waals surface area contributed by atoms with Crippen molar-refractivity contribution in [2.75, 3.05) is 0 Å². The maximum Gasteiger partial charge on any atom is 0.187 e. The second-order valence-electron chi connectivity index (χ2n) is 4.65. The molecule has 0 unspecified atom stereocenters. The van der Waals surface area contributed by atoms with E-state index >= 15 is 0 Å². The molecule has 0 aliphatic rings. The third-order valence-corrected chi connectivity index (χ3v) is 3.15. The molecule has 1 heterocycles. The number of pyridine rings is 1. The zero-order valence-electron chi connectivity index (χ0n) is 11.4. The first kappa shape index (κ1) is 13.4. The van der Waals surface area contributed by atoms with Crippen molar-refractivity contribution in [1.82, 2.24) is 4.98 Å². The van der Waals surface area contributed by atoms with Gasteiger partial charge >= 0.3 is 0 Å². The van der Waals surface area contributed by atoms with Crippen molar-refractivity contribution in [2.24, 2.45) is 0 Å². The number of nitrogens with zero attached hydrogens (tertiary/aromatic N) is 1. The van der Waals surface area contributed by atoms with Gasteiger partial charge in [0.25, 0.3) is 0 Å². The summed E-state index contributed by atoms with van der Waals surface area (Å²) >= 11 is 0. The lowest BCUT2D eigenvalue weighted by Gasteiger charge is -2.03. The number of hydrogen-bond donors (Lipinski definition) is 0. The topological polar surface area (TPSA) is 22.1 Å². The normalized spacial score (nSPS) is 10.9. The molecule has 3 rings (SSSR count). The highest BCUT2D eigenvalue weighted by atomic mass is 19.1. The van der Waals surface area contributed by atoms with Gasteiger partial charge in [0.15, 0.2) is 13.0 Å². The molecule has 0 bridgehead atoms. The van der Waals surface area contributed by atoms with E-state index in [1.807, 2.05) is 36.3 Å². The third kappa shape index (κ3) is 3.29. The van der Waals surface area contributed by atoms with Crippen molar-refractivity contribution < 1.29 is 9.13 Å². The van der Waals surface area contributed by atoms with Crippen molar-refractivity contribution in [3.05, 3.63) is 78.8 Å². The number of para-hydroxylation sites is 1. The highest BCUT2D eigenvalue weighted by molar-refractivity contribution is 6.58. The van der Waals surface area contributed by atoms with Crippen molar-refractivity contribution in [1.29, 1.82) is 0 Å². The largest absolute Gasteiger partial charge is 0.464 e. The first-order valence-electron chi connectivity index (χ1n) is 6.73. The second-order valence-corrected chi connectivity index (χ2v) is 4.65. The van der Waals surface area contributed by atoms with Gasteiger partial charge in [0.05, 0.1) is 6.26 Å². The van der Waals surface area contributed by atoms with Gasteiger partial charge in [-0.3, -0.25) is 4.98 Å². The predicted octanol–water partition coefficient (Wildman–Crippen LogP) is 2.99. The van der Waals surface area contributed by atoms with Gasteiger partial charge in [-0.25, -0.2) is 4.39 Å². The lowest BCUT2D eigenvalue weighted by molar-refractivity contribution is 0.487. The number of halogens is 1. The van der Waals surface area contributed by atoms with Crippen molar-refractivity contribution in [3.8, 4) is 5.75 Å². The van der Waals surface area contributed by atoms with Crippen molar-refractivity contribution in [3.63, 3.8) is 0 Å². The predicted molar refractivity (Wildman–Crippen MR) is 84.7 cm³/mol. The van der Waals surface area contributed by atoms with Gasteiger partial charge in [0.1, 0.15) is 11.3 Å². The second kappa shape index (κ2) is 6.22. The molecule has 2 nitrogen and oxygen atoms in total. The first-order valence-corrected chi connectivity index (χ1v) is 6.73. The number of fused-ring (bicyclic) bond motifs is 1. The van der Waals surface area contributed by atoms with Crippen molar-refractivity contribution >= 4 is 23.6 Å². The van der Waals surface area contributed by atoms with E-state index in [-0.39, 0.29) is 5.82 Å². The number of ether oxygens (including phenoxy) is 1. The van der Waals surface area contributed by atoms with Gasteiger partial charge in [-0.1, -0.05) is 41.8 Å². The average molecular weight is 277 g/mol. The third-order valence-electron chi connectivity index (χ3n) is 3.15. The Balaban J connectivity index is 1.69. The minimum Gasteiger partial charge on any atom is -0.464 e. The van der Waals surface area contributed by atoms with Crippen LogP contribution in [0, 0.1) is 5.82 Å². The van der Waals surface area contributed by atoms with E-state index in [4.69, 9.17) is 4.74 Å². The van der Waals surface area contributed by atoms with Gasteiger partial charge in [-0.05, 0) is 24.3 Å². The molecule has 0 spiro atoms. The fourth-order valence-electron chi connectivity index (χ4n) is 2.10. The Morgan fingerprint density at radius 3 is 2.67 bits per heavy atom. The van der Waals surface area contributed by atoms with Crippen LogP contribution in [0.3, 0.4) is 0 Å². The molecule has 0 saturated carbocycles. The Hall–Kier alpha value is -2.62. The molecule has 0 N–H and O–H groups in total. The molecule has 21 heavy (non-hydrogen) atoms. The smallest absolute Gasteiger partial charge is 0.187 e. The van der Waals surface area contributed by atoms with E-state index in [0.717, 1.165) is 22.1 Å². The highest BCUT2D eigenvalue weighted by Gasteiger charge is 2.00. The summed E-state index contributed by atoms with van der Waals surface area (Å²) in [7, 11) is 0.693. The number of aromatic nitrogens is 1. The van der Waals surface area contributed by atoms with E-state index in [0.29, 0.717) is 7.28 Å². The van der Waals surface area contributed by atoms with Crippen LogP contribution in [0.15, 0.2) is 73.0 Å². The maximum atomic E-state index is 12.8. The molecule has 0 radical (unpaired) electrons. The molecule has 4 heteroatoms. The summed E-state index contributed by atoms with van der Waals surface area (Å²) in [5, 5.41) is 1.04. The van der Waals surface area contributed by atoms with Crippen LogP contribution in [-0.2, 0) is 0 Å². The zero-order valence-corrected chi connectivity index (χ0v) is 11.4. The molecular weight excluding hydrogens is 264 g/mol. The first-order chi connectivity index (χ1) is 10.3. The molecule has 102 valence electrons. The molecule has 0 aliphatic carbocycles. The summed E-state index contributed by atoms with van der Waals surface area (Å²) in [6.07, 6.45) is 3.39. The molecule has 3 aromatic rings. The van der Waals surface area contributed by atoms with E-state index in [1.165, 1.54) is 12.1 Å². The summed E-state index contributed by atoms with van der Waals surface area (Å²) in [6.45, 7) is 0. The lowest BCUT2D eigenvalue weighted by atomic mass is 9.71. The fraction of sp³-hybridized carbons (Fsp3) is 0. The number of benzene rings is 2. The van der Waals surface area contributed by atoms with E-state index < -0.39 is 0 Å². The van der Waals surface area contributed by atoms with Crippen LogP contribution in [0.2, 0.25) is 0 Å². The van der Waals surface area contributed by atoms with Crippen LogP contribution < -0.4 is 10.2 Å². The molecule has 0 saturated heterocycles. The van der Waals surface area contributed by atoms with Gasteiger partial charge in [0, 0.05) is 11.6 Å². The molecule has 2 aromatic carbocycles. The fourth-order valence-corrected chi connectivity index (χ4v) is 2.10. The van der Waals surface area contributed by atoms with Gasteiger partial charge in [0.2, 0.25) is 0 Å². The van der Waals surface area contributed by atoms with E-state index in [1.54, 1.807) is 24.6 Å². The lowest BCUT2D eigenvalue weighted by Crippen LogP contribution is -2.11. The van der Waals surface area contributed by atoms with Crippen LogP contribution in [-0.4, -0.2) is 12.3 Å². The maximum absolute atomic E-state index is 12.8. The van der Waals surface area contributed by atoms with E-state index in [9.17, 15) is 4.39 Å². The average Bonchev–Trinajstić information content (AvgIpc) is 2.53. The zero-order chi connectivity index (χ0) is 14.5. The Bertz CT molecular complexity index is 766. The van der Waals surface area contributed by atoms with Crippen LogP contribution in [0.25, 0.3) is 10.9 Å². The molecule has 0 atom stereocenters. The highest BCUT2D eigenvalue weighted by Crippen LogP contribution is 2.22. The Morgan fingerprint density at radius 1 is 1.00 bits per heavy atom. The number of hydrogen-bond acceptors (Lipinski definition) is 2. The van der Waals surface area contributed by atoms with Crippen LogP contribution in [0.4, 0.5) is 4.39 Å². The monoisotopic (exact) mass is 277 g/mol. The minimum absolute atomic E-state index is 0.221. The van der Waals surface area contributed by atoms with Crippen LogP contribution >= 0.6 is 0 Å². The summed E-state index contributed by atoms with van der Waals surface area (Å²) in [5.74, 6) is 2.40. The van der Waals surface area contributed by atoms with Crippen molar-refractivity contribution in [2.45, 2.75) is 0 Å². The SMILES string of the molecule is Fc1ccc(BC=COc2cccc3cccnc23)cc1. The summed E-state index contributed by atoms with van der Waals surface area (Å²) in [5.41, 5.74) is 1.87. The Labute approximate surface area is 123 Å². The quantitative estimate of drug-likeness (QED) is 0.540. The molecule has 0 fully saturated rings. The molecule has 0 amide bonds. The Kier molecular flexibility index (Phi) is 3.96. The summed E-state index contributed by atoms with van der Waals surface area (Å²) < 4.78 is 18.4. The van der Waals surface area contributed by atoms with E-state index in [2.05, 4.69) is 4.98 Å². The summed E-state index contributed by atoms with van der Waals surface area (Å²) in [6, 6.07) is 16.2. The molecule has 0 aliphatic heterocycles. The van der Waals surface area contributed by atoms with Gasteiger partial charge in [-0.2, -0.15) is 0 Å². The molecular formula is C17H13BFNO. The standard InChI is InChI=1S/C17H13BFNO/c19-15-8-6-14(7-9-15)18-10-12-21-16-5-1-3-13-4-2-11-20-17(13)16/h1-12,18H. The minimum atomic E-state index is -0.221.